The third-order valence-electron chi connectivity index (χ3n) is 3.65. The highest BCUT2D eigenvalue weighted by molar-refractivity contribution is 9.10. The lowest BCUT2D eigenvalue weighted by Gasteiger charge is -2.18. The maximum atomic E-state index is 10.1. The maximum Gasteiger partial charge on any atom is 0.123 e. The minimum absolute atomic E-state index is 0.357. The van der Waals surface area contributed by atoms with Gasteiger partial charge >= 0.3 is 0 Å². The summed E-state index contributed by atoms with van der Waals surface area (Å²) in [4.78, 5) is 0. The number of phenolic OH excluding ortho intramolecular Hbond substituents is 1. The van der Waals surface area contributed by atoms with Crippen LogP contribution in [0.3, 0.4) is 0 Å². The van der Waals surface area contributed by atoms with E-state index in [-0.39, 0.29) is 0 Å². The van der Waals surface area contributed by atoms with Crippen LogP contribution < -0.4 is 4.74 Å². The number of fused-ring (bicyclic) bond motifs is 1. The van der Waals surface area contributed by atoms with Gasteiger partial charge in [0, 0.05) is 10.0 Å². The van der Waals surface area contributed by atoms with Crippen LogP contribution in [0.5, 0.6) is 11.5 Å². The maximum absolute atomic E-state index is 10.1. The van der Waals surface area contributed by atoms with Crippen LogP contribution in [0.25, 0.3) is 6.08 Å². The second-order valence-corrected chi connectivity index (χ2v) is 6.02. The molecule has 21 heavy (non-hydrogen) atoms. The van der Waals surface area contributed by atoms with Crippen molar-refractivity contribution in [2.45, 2.75) is 19.3 Å². The smallest absolute Gasteiger partial charge is 0.123 e. The van der Waals surface area contributed by atoms with Gasteiger partial charge in [0.05, 0.1) is 6.61 Å². The average Bonchev–Trinajstić information content (AvgIpc) is 2.49. The number of hydrogen-bond donors (Lipinski definition) is 1. The molecule has 2 aromatic rings. The Morgan fingerprint density at radius 3 is 2.95 bits per heavy atom. The molecule has 1 aliphatic rings. The van der Waals surface area contributed by atoms with Gasteiger partial charge in [0.2, 0.25) is 0 Å². The average molecular weight is 345 g/mol. The van der Waals surface area contributed by atoms with Gasteiger partial charge in [-0.3, -0.25) is 0 Å². The first-order chi connectivity index (χ1) is 10.2. The lowest BCUT2D eigenvalue weighted by atomic mass is 10.0. The minimum Gasteiger partial charge on any atom is -0.508 e. The number of halogens is 1. The van der Waals surface area contributed by atoms with Crippen molar-refractivity contribution in [2.24, 2.45) is 0 Å². The zero-order valence-corrected chi connectivity index (χ0v) is 13.3. The molecular formula is C18H17BrO2. The highest BCUT2D eigenvalue weighted by Gasteiger charge is 2.13. The molecule has 1 aliphatic heterocycles. The van der Waals surface area contributed by atoms with Gasteiger partial charge < -0.3 is 9.84 Å². The van der Waals surface area contributed by atoms with Crippen LogP contribution in [0.4, 0.5) is 0 Å². The largest absolute Gasteiger partial charge is 0.508 e. The van der Waals surface area contributed by atoms with E-state index < -0.39 is 0 Å². The third kappa shape index (κ3) is 3.30. The van der Waals surface area contributed by atoms with Crippen LogP contribution in [0.2, 0.25) is 0 Å². The number of phenols is 1. The molecule has 0 aromatic heterocycles. The van der Waals surface area contributed by atoms with E-state index in [4.69, 9.17) is 4.74 Å². The van der Waals surface area contributed by atoms with Crippen LogP contribution >= 0.6 is 15.9 Å². The first kappa shape index (κ1) is 14.2. The van der Waals surface area contributed by atoms with Crippen LogP contribution in [0.1, 0.15) is 23.1 Å². The first-order valence-electron chi connectivity index (χ1n) is 7.12. The van der Waals surface area contributed by atoms with Crippen molar-refractivity contribution in [3.05, 3.63) is 63.6 Å². The molecule has 0 bridgehead atoms. The molecule has 0 atom stereocenters. The molecule has 0 aliphatic carbocycles. The zero-order chi connectivity index (χ0) is 14.7. The van der Waals surface area contributed by atoms with Gasteiger partial charge in [-0.2, -0.15) is 0 Å². The van der Waals surface area contributed by atoms with E-state index in [9.17, 15) is 5.11 Å². The molecule has 3 rings (SSSR count). The summed E-state index contributed by atoms with van der Waals surface area (Å²) < 4.78 is 6.73. The summed E-state index contributed by atoms with van der Waals surface area (Å²) in [5.41, 5.74) is 3.14. The Morgan fingerprint density at radius 1 is 1.24 bits per heavy atom. The Kier molecular flexibility index (Phi) is 4.30. The van der Waals surface area contributed by atoms with E-state index in [1.54, 1.807) is 0 Å². The molecule has 3 heteroatoms. The SMILES string of the molecule is Oc1cc2c(cc1CC=Cc1ccccc1Br)OCCC2. The molecule has 0 unspecified atom stereocenters. The number of benzene rings is 2. The van der Waals surface area contributed by atoms with Gasteiger partial charge in [-0.1, -0.05) is 46.3 Å². The number of rotatable bonds is 3. The number of allylic oxidation sites excluding steroid dienone is 1. The third-order valence-corrected chi connectivity index (χ3v) is 4.37. The summed E-state index contributed by atoms with van der Waals surface area (Å²) in [6, 6.07) is 11.9. The van der Waals surface area contributed by atoms with Crippen molar-refractivity contribution in [1.29, 1.82) is 0 Å². The highest BCUT2D eigenvalue weighted by atomic mass is 79.9. The molecule has 2 nitrogen and oxygen atoms in total. The van der Waals surface area contributed by atoms with Crippen LogP contribution in [-0.4, -0.2) is 11.7 Å². The fourth-order valence-corrected chi connectivity index (χ4v) is 2.93. The van der Waals surface area contributed by atoms with Crippen molar-refractivity contribution in [2.75, 3.05) is 6.61 Å². The van der Waals surface area contributed by atoms with Gasteiger partial charge in [-0.15, -0.1) is 0 Å². The number of hydrogen-bond acceptors (Lipinski definition) is 2. The predicted octanol–water partition coefficient (Wildman–Crippen LogP) is 4.74. The Hall–Kier alpha value is -1.74. The molecule has 0 spiro atoms. The van der Waals surface area contributed by atoms with E-state index in [0.717, 1.165) is 46.4 Å². The molecule has 0 radical (unpaired) electrons. The Labute approximate surface area is 133 Å². The van der Waals surface area contributed by atoms with Gasteiger partial charge in [0.1, 0.15) is 11.5 Å². The van der Waals surface area contributed by atoms with E-state index >= 15 is 0 Å². The number of ether oxygens (including phenoxy) is 1. The van der Waals surface area contributed by atoms with Crippen molar-refractivity contribution in [1.82, 2.24) is 0 Å². The Bertz CT molecular complexity index is 677. The van der Waals surface area contributed by atoms with Crippen molar-refractivity contribution in [3.63, 3.8) is 0 Å². The predicted molar refractivity (Wildman–Crippen MR) is 88.8 cm³/mol. The fraction of sp³-hybridized carbons (Fsp3) is 0.222. The fourth-order valence-electron chi connectivity index (χ4n) is 2.51. The summed E-state index contributed by atoms with van der Waals surface area (Å²) in [6.07, 6.45) is 6.81. The van der Waals surface area contributed by atoms with Crippen molar-refractivity contribution in [3.8, 4) is 11.5 Å². The molecule has 0 saturated heterocycles. The normalized spacial score (nSPS) is 14.0. The molecular weight excluding hydrogens is 328 g/mol. The van der Waals surface area contributed by atoms with Crippen LogP contribution in [-0.2, 0) is 12.8 Å². The van der Waals surface area contributed by atoms with E-state index in [0.29, 0.717) is 12.2 Å². The highest BCUT2D eigenvalue weighted by Crippen LogP contribution is 2.32. The molecule has 1 heterocycles. The number of aryl methyl sites for hydroxylation is 1. The first-order valence-corrected chi connectivity index (χ1v) is 7.92. The quantitative estimate of drug-likeness (QED) is 0.871. The lowest BCUT2D eigenvalue weighted by molar-refractivity contribution is 0.287. The standard InChI is InChI=1S/C18H17BrO2/c19-16-9-2-1-5-13(16)6-3-7-14-12-18-15(11-17(14)20)8-4-10-21-18/h1-3,5-6,9,11-12,20H,4,7-8,10H2. The van der Waals surface area contributed by atoms with Crippen molar-refractivity contribution < 1.29 is 9.84 Å². The lowest BCUT2D eigenvalue weighted by Crippen LogP contribution is -2.08. The molecule has 2 aromatic carbocycles. The Morgan fingerprint density at radius 2 is 2.10 bits per heavy atom. The van der Waals surface area contributed by atoms with Gasteiger partial charge in [-0.05, 0) is 48.6 Å². The topological polar surface area (TPSA) is 29.5 Å². The summed E-state index contributed by atoms with van der Waals surface area (Å²) in [5.74, 6) is 1.28. The van der Waals surface area contributed by atoms with Gasteiger partial charge in [0.25, 0.3) is 0 Å². The molecule has 0 fully saturated rings. The summed E-state index contributed by atoms with van der Waals surface area (Å²) in [5, 5.41) is 10.1. The number of aromatic hydroxyl groups is 1. The van der Waals surface area contributed by atoms with Crippen molar-refractivity contribution >= 4 is 22.0 Å². The van der Waals surface area contributed by atoms with E-state index in [1.807, 2.05) is 30.3 Å². The molecule has 1 N–H and O–H groups in total. The van der Waals surface area contributed by atoms with E-state index in [2.05, 4.69) is 34.1 Å². The van der Waals surface area contributed by atoms with E-state index in [1.165, 1.54) is 0 Å². The minimum atomic E-state index is 0.357. The summed E-state index contributed by atoms with van der Waals surface area (Å²) in [6.45, 7) is 0.768. The van der Waals surface area contributed by atoms with Gasteiger partial charge in [-0.25, -0.2) is 0 Å². The second-order valence-electron chi connectivity index (χ2n) is 5.17. The zero-order valence-electron chi connectivity index (χ0n) is 11.7. The molecule has 0 amide bonds. The van der Waals surface area contributed by atoms with Crippen LogP contribution in [0.15, 0.2) is 46.9 Å². The van der Waals surface area contributed by atoms with Crippen LogP contribution in [0, 0.1) is 0 Å². The summed E-state index contributed by atoms with van der Waals surface area (Å²) in [7, 11) is 0. The second kappa shape index (κ2) is 6.35. The Balaban J connectivity index is 1.78. The molecule has 0 saturated carbocycles. The summed E-state index contributed by atoms with van der Waals surface area (Å²) >= 11 is 3.53. The van der Waals surface area contributed by atoms with Gasteiger partial charge in [0.15, 0.2) is 0 Å². The monoisotopic (exact) mass is 344 g/mol. The molecule has 108 valence electrons.